The van der Waals surface area contributed by atoms with Crippen molar-refractivity contribution in [3.8, 4) is 0 Å². The van der Waals surface area contributed by atoms with Gasteiger partial charge in [0.15, 0.2) is 5.76 Å². The molecule has 2 aromatic carbocycles. The van der Waals surface area contributed by atoms with E-state index < -0.39 is 0 Å². The first-order valence-corrected chi connectivity index (χ1v) is 13.1. The number of fused-ring (bicyclic) bond motifs is 1. The van der Waals surface area contributed by atoms with Gasteiger partial charge in [0.2, 0.25) is 5.91 Å². The number of hydrogen-bond acceptors (Lipinski definition) is 6. The number of furan rings is 1. The number of hydrogen-bond donors (Lipinski definition) is 1. The molecule has 1 aliphatic heterocycles. The van der Waals surface area contributed by atoms with Gasteiger partial charge in [0.25, 0.3) is 5.91 Å². The van der Waals surface area contributed by atoms with E-state index in [0.29, 0.717) is 24.4 Å². The van der Waals surface area contributed by atoms with Crippen LogP contribution in [0.2, 0.25) is 0 Å². The molecular weight excluding hydrogens is 466 g/mol. The van der Waals surface area contributed by atoms with Crippen molar-refractivity contribution >= 4 is 51.6 Å². The number of carbonyl (C=O) groups excluding carboxylic acids is 2. The molecule has 3 heterocycles. The van der Waals surface area contributed by atoms with Crippen LogP contribution in [-0.4, -0.2) is 49.4 Å². The van der Waals surface area contributed by atoms with Gasteiger partial charge in [-0.05, 0) is 29.6 Å². The summed E-state index contributed by atoms with van der Waals surface area (Å²) < 4.78 is 7.10. The minimum Gasteiger partial charge on any atom is -0.451 e. The first-order valence-electron chi connectivity index (χ1n) is 11.2. The molecule has 0 bridgehead atoms. The van der Waals surface area contributed by atoms with Crippen molar-refractivity contribution in [3.63, 3.8) is 0 Å². The lowest BCUT2D eigenvalue weighted by molar-refractivity contribution is -0.130. The maximum Gasteiger partial charge on any atom is 0.287 e. The number of nitrogens with zero attached hydrogens (tertiary/aromatic N) is 2. The minimum atomic E-state index is -0.353. The molecule has 1 aliphatic rings. The molecule has 0 saturated carbocycles. The van der Waals surface area contributed by atoms with Crippen LogP contribution in [0.15, 0.2) is 80.7 Å². The molecule has 174 valence electrons. The van der Waals surface area contributed by atoms with E-state index in [1.165, 1.54) is 9.90 Å². The maximum atomic E-state index is 13.0. The summed E-state index contributed by atoms with van der Waals surface area (Å²) in [6.07, 6.45) is 0. The Bertz CT molecular complexity index is 1260. The van der Waals surface area contributed by atoms with Crippen LogP contribution in [0, 0.1) is 0 Å². The summed E-state index contributed by atoms with van der Waals surface area (Å²) in [5.41, 5.74) is 2.70. The average Bonchev–Trinajstić information content (AvgIpc) is 3.54. The molecule has 4 aromatic rings. The number of para-hydroxylation sites is 2. The molecular formula is C26H25N3O3S2. The number of piperazine rings is 1. The van der Waals surface area contributed by atoms with E-state index in [2.05, 4.69) is 28.4 Å². The second-order valence-corrected chi connectivity index (χ2v) is 10.2. The van der Waals surface area contributed by atoms with Crippen LogP contribution in [-0.2, 0) is 10.5 Å². The number of thioether (sulfide) groups is 1. The lowest BCUT2D eigenvalue weighted by Gasteiger charge is -2.36. The molecule has 5 rings (SSSR count). The lowest BCUT2D eigenvalue weighted by Crippen LogP contribution is -2.51. The predicted octanol–water partition coefficient (Wildman–Crippen LogP) is 4.87. The van der Waals surface area contributed by atoms with Crippen molar-refractivity contribution in [3.05, 3.63) is 83.4 Å². The van der Waals surface area contributed by atoms with Crippen LogP contribution in [0.3, 0.4) is 0 Å². The smallest absolute Gasteiger partial charge is 0.287 e. The molecule has 0 radical (unpaired) electrons. The van der Waals surface area contributed by atoms with Gasteiger partial charge in [-0.15, -0.1) is 23.1 Å². The number of anilines is 1. The van der Waals surface area contributed by atoms with E-state index in [0.717, 1.165) is 24.0 Å². The zero-order chi connectivity index (χ0) is 23.3. The second-order valence-electron chi connectivity index (χ2n) is 8.01. The maximum absolute atomic E-state index is 13.0. The van der Waals surface area contributed by atoms with E-state index in [4.69, 9.17) is 4.42 Å². The van der Waals surface area contributed by atoms with Gasteiger partial charge in [0.05, 0.1) is 10.8 Å². The van der Waals surface area contributed by atoms with E-state index in [1.807, 2.05) is 58.8 Å². The van der Waals surface area contributed by atoms with Crippen LogP contribution >= 0.6 is 23.1 Å². The van der Waals surface area contributed by atoms with Gasteiger partial charge in [-0.3, -0.25) is 9.59 Å². The van der Waals surface area contributed by atoms with E-state index in [-0.39, 0.29) is 24.1 Å². The van der Waals surface area contributed by atoms with Crippen molar-refractivity contribution in [2.75, 3.05) is 37.6 Å². The van der Waals surface area contributed by atoms with Crippen molar-refractivity contribution < 1.29 is 14.0 Å². The highest BCUT2D eigenvalue weighted by molar-refractivity contribution is 8.00. The van der Waals surface area contributed by atoms with Crippen LogP contribution in [0.25, 0.3) is 11.0 Å². The van der Waals surface area contributed by atoms with Gasteiger partial charge < -0.3 is 19.5 Å². The molecule has 6 nitrogen and oxygen atoms in total. The largest absolute Gasteiger partial charge is 0.451 e. The Labute approximate surface area is 206 Å². The SMILES string of the molecule is O=C(NCC(=O)N1CCN(c2ccccc2)CC1)c1oc2ccccc2c1CSc1cccs1. The fourth-order valence-corrected chi connectivity index (χ4v) is 5.93. The third-order valence-corrected chi connectivity index (χ3v) is 8.07. The topological polar surface area (TPSA) is 65.8 Å². The van der Waals surface area contributed by atoms with Crippen molar-refractivity contribution in [2.45, 2.75) is 9.96 Å². The Morgan fingerprint density at radius 3 is 2.47 bits per heavy atom. The Balaban J connectivity index is 1.21. The summed E-state index contributed by atoms with van der Waals surface area (Å²) in [7, 11) is 0. The summed E-state index contributed by atoms with van der Waals surface area (Å²) in [5, 5.41) is 5.76. The standard InChI is InChI=1S/C26H25N3O3S2/c30-23(29-14-12-28(13-15-29)19-7-2-1-3-8-19)17-27-26(31)25-21(18-34-24-11-6-16-33-24)20-9-4-5-10-22(20)32-25/h1-11,16H,12-15,17-18H2,(H,27,31). The highest BCUT2D eigenvalue weighted by Gasteiger charge is 2.24. The fraction of sp³-hybridized carbons (Fsp3) is 0.231. The summed E-state index contributed by atoms with van der Waals surface area (Å²) in [6, 6.07) is 22.0. The second kappa shape index (κ2) is 10.4. The van der Waals surface area contributed by atoms with Crippen molar-refractivity contribution in [1.29, 1.82) is 0 Å². The van der Waals surface area contributed by atoms with Crippen LogP contribution in [0.5, 0.6) is 0 Å². The summed E-state index contributed by atoms with van der Waals surface area (Å²) >= 11 is 3.35. The van der Waals surface area contributed by atoms with Crippen molar-refractivity contribution in [1.82, 2.24) is 10.2 Å². The molecule has 1 N–H and O–H groups in total. The average molecular weight is 492 g/mol. The molecule has 0 unspecified atom stereocenters. The Kier molecular flexibility index (Phi) is 6.87. The number of rotatable bonds is 7. The summed E-state index contributed by atoms with van der Waals surface area (Å²) in [5.74, 6) is 0.475. The lowest BCUT2D eigenvalue weighted by atomic mass is 10.1. The third-order valence-electron chi connectivity index (χ3n) is 5.91. The number of carbonyl (C=O) groups is 2. The molecule has 0 atom stereocenters. The Hall–Kier alpha value is -3.23. The normalized spacial score (nSPS) is 13.9. The molecule has 0 spiro atoms. The molecule has 1 fully saturated rings. The molecule has 2 aromatic heterocycles. The van der Waals surface area contributed by atoms with Crippen LogP contribution in [0.4, 0.5) is 5.69 Å². The number of nitrogens with one attached hydrogen (secondary N) is 1. The minimum absolute atomic E-state index is 0.0429. The quantitative estimate of drug-likeness (QED) is 0.374. The van der Waals surface area contributed by atoms with E-state index in [1.54, 1.807) is 23.1 Å². The van der Waals surface area contributed by atoms with E-state index in [9.17, 15) is 9.59 Å². The van der Waals surface area contributed by atoms with Crippen LogP contribution in [0.1, 0.15) is 16.1 Å². The van der Waals surface area contributed by atoms with Crippen LogP contribution < -0.4 is 10.2 Å². The zero-order valence-corrected chi connectivity index (χ0v) is 20.2. The van der Waals surface area contributed by atoms with Gasteiger partial charge in [-0.1, -0.05) is 42.5 Å². The predicted molar refractivity (Wildman–Crippen MR) is 138 cm³/mol. The third kappa shape index (κ3) is 4.98. The highest BCUT2D eigenvalue weighted by Crippen LogP contribution is 2.33. The molecule has 1 saturated heterocycles. The van der Waals surface area contributed by atoms with Gasteiger partial charge in [-0.25, -0.2) is 0 Å². The summed E-state index contributed by atoms with van der Waals surface area (Å²) in [4.78, 5) is 29.9. The Morgan fingerprint density at radius 1 is 0.941 bits per heavy atom. The number of thiophene rings is 1. The zero-order valence-electron chi connectivity index (χ0n) is 18.6. The Morgan fingerprint density at radius 2 is 1.71 bits per heavy atom. The molecule has 34 heavy (non-hydrogen) atoms. The van der Waals surface area contributed by atoms with Gasteiger partial charge in [-0.2, -0.15) is 0 Å². The first kappa shape index (κ1) is 22.6. The monoisotopic (exact) mass is 491 g/mol. The fourth-order valence-electron chi connectivity index (χ4n) is 4.12. The van der Waals surface area contributed by atoms with Gasteiger partial charge in [0, 0.05) is 48.6 Å². The molecule has 2 amide bonds. The van der Waals surface area contributed by atoms with Crippen molar-refractivity contribution in [2.24, 2.45) is 0 Å². The molecule has 8 heteroatoms. The van der Waals surface area contributed by atoms with E-state index >= 15 is 0 Å². The highest BCUT2D eigenvalue weighted by atomic mass is 32.2. The number of benzene rings is 2. The van der Waals surface area contributed by atoms with Gasteiger partial charge >= 0.3 is 0 Å². The molecule has 0 aliphatic carbocycles. The number of amides is 2. The first-order chi connectivity index (χ1) is 16.7. The summed E-state index contributed by atoms with van der Waals surface area (Å²) in [6.45, 7) is 2.78. The van der Waals surface area contributed by atoms with Gasteiger partial charge in [0.1, 0.15) is 5.58 Å².